The second-order valence-corrected chi connectivity index (χ2v) is 6.08. The fourth-order valence-electron chi connectivity index (χ4n) is 2.48. The van der Waals surface area contributed by atoms with Gasteiger partial charge in [0.05, 0.1) is 7.11 Å². The zero-order valence-electron chi connectivity index (χ0n) is 12.1. The lowest BCUT2D eigenvalue weighted by Gasteiger charge is -2.35. The number of hydrogen-bond donors (Lipinski definition) is 0. The van der Waals surface area contributed by atoms with E-state index in [1.165, 1.54) is 7.11 Å². The number of ether oxygens (including phenoxy) is 1. The Kier molecular flexibility index (Phi) is 4.99. The van der Waals surface area contributed by atoms with Crippen molar-refractivity contribution in [2.45, 2.75) is 18.9 Å². The second-order valence-electron chi connectivity index (χ2n) is 5.16. The smallest absolute Gasteiger partial charge is 0.259 e. The number of halogens is 1. The monoisotopic (exact) mass is 341 g/mol. The molecule has 2 rings (SSSR count). The molecule has 0 atom stereocenters. The molecule has 0 aromatic carbocycles. The Morgan fingerprint density at radius 1 is 1.50 bits per heavy atom. The van der Waals surface area contributed by atoms with Crippen molar-refractivity contribution in [3.05, 3.63) is 22.3 Å². The second kappa shape index (κ2) is 6.54. The van der Waals surface area contributed by atoms with Gasteiger partial charge in [0.15, 0.2) is 0 Å². The molecule has 1 aromatic heterocycles. The largest absolute Gasteiger partial charge is 0.480 e. The first kappa shape index (κ1) is 15.3. The number of carbonyl (C=O) groups is 1. The van der Waals surface area contributed by atoms with Gasteiger partial charge in [0.1, 0.15) is 5.56 Å². The zero-order chi connectivity index (χ0) is 14.7. The van der Waals surface area contributed by atoms with E-state index in [0.29, 0.717) is 11.4 Å². The first-order valence-corrected chi connectivity index (χ1v) is 7.47. The van der Waals surface area contributed by atoms with Crippen LogP contribution < -0.4 is 4.74 Å². The number of hydrogen-bond acceptors (Lipinski definition) is 4. The third-order valence-electron chi connectivity index (χ3n) is 3.80. The molecular weight excluding hydrogens is 322 g/mol. The van der Waals surface area contributed by atoms with E-state index in [1.54, 1.807) is 12.3 Å². The van der Waals surface area contributed by atoms with Crippen molar-refractivity contribution in [2.75, 3.05) is 34.3 Å². The van der Waals surface area contributed by atoms with E-state index in [4.69, 9.17) is 4.74 Å². The average Bonchev–Trinajstić information content (AvgIpc) is 2.46. The summed E-state index contributed by atoms with van der Waals surface area (Å²) in [5.41, 5.74) is 0.503. The van der Waals surface area contributed by atoms with Crippen LogP contribution in [0.5, 0.6) is 5.88 Å². The third kappa shape index (κ3) is 3.30. The van der Waals surface area contributed by atoms with Gasteiger partial charge >= 0.3 is 0 Å². The lowest BCUT2D eigenvalue weighted by molar-refractivity contribution is 0.0655. The molecule has 1 aliphatic heterocycles. The van der Waals surface area contributed by atoms with Crippen LogP contribution in [-0.2, 0) is 0 Å². The molecule has 0 spiro atoms. The maximum atomic E-state index is 12.6. The van der Waals surface area contributed by atoms with Gasteiger partial charge in [-0.05, 0) is 55.0 Å². The Bertz CT molecular complexity index is 487. The predicted octanol–water partition coefficient (Wildman–Crippen LogP) is 2.02. The van der Waals surface area contributed by atoms with Gasteiger partial charge < -0.3 is 14.5 Å². The quantitative estimate of drug-likeness (QED) is 0.843. The predicted molar refractivity (Wildman–Crippen MR) is 81.1 cm³/mol. The van der Waals surface area contributed by atoms with Crippen LogP contribution >= 0.6 is 15.9 Å². The molecule has 1 aromatic rings. The van der Waals surface area contributed by atoms with Crippen LogP contribution in [0, 0.1) is 0 Å². The molecule has 1 amide bonds. The summed E-state index contributed by atoms with van der Waals surface area (Å²) in [6.07, 6.45) is 3.64. The van der Waals surface area contributed by atoms with Crippen molar-refractivity contribution in [3.8, 4) is 5.88 Å². The number of rotatable bonds is 3. The molecule has 2 heterocycles. The first-order chi connectivity index (χ1) is 9.52. The Balaban J connectivity index is 2.16. The summed E-state index contributed by atoms with van der Waals surface area (Å²) in [4.78, 5) is 20.9. The van der Waals surface area contributed by atoms with Crippen LogP contribution in [0.15, 0.2) is 16.7 Å². The van der Waals surface area contributed by atoms with E-state index < -0.39 is 0 Å². The van der Waals surface area contributed by atoms with Crippen molar-refractivity contribution in [1.29, 1.82) is 0 Å². The summed E-state index contributed by atoms with van der Waals surface area (Å²) in [6, 6.07) is 2.04. The minimum Gasteiger partial charge on any atom is -0.480 e. The lowest BCUT2D eigenvalue weighted by atomic mass is 10.0. The van der Waals surface area contributed by atoms with Crippen molar-refractivity contribution < 1.29 is 9.53 Å². The van der Waals surface area contributed by atoms with Gasteiger partial charge in [0, 0.05) is 23.8 Å². The van der Waals surface area contributed by atoms with Crippen molar-refractivity contribution in [1.82, 2.24) is 14.8 Å². The average molecular weight is 342 g/mol. The van der Waals surface area contributed by atoms with Crippen molar-refractivity contribution in [3.63, 3.8) is 0 Å². The molecule has 0 unspecified atom stereocenters. The Hall–Kier alpha value is -1.14. The minimum absolute atomic E-state index is 0.0368. The number of aromatic nitrogens is 1. The topological polar surface area (TPSA) is 45.7 Å². The Morgan fingerprint density at radius 2 is 2.15 bits per heavy atom. The van der Waals surface area contributed by atoms with Crippen LogP contribution in [0.25, 0.3) is 0 Å². The summed E-state index contributed by atoms with van der Waals surface area (Å²) < 4.78 is 5.96. The molecule has 0 N–H and O–H groups in total. The fraction of sp³-hybridized carbons (Fsp3) is 0.571. The number of methoxy groups -OCH3 is 1. The van der Waals surface area contributed by atoms with E-state index in [1.807, 2.05) is 11.9 Å². The molecule has 0 aliphatic carbocycles. The van der Waals surface area contributed by atoms with E-state index >= 15 is 0 Å². The van der Waals surface area contributed by atoms with Crippen molar-refractivity contribution in [2.24, 2.45) is 0 Å². The molecular formula is C14H20BrN3O2. The Labute approximate surface area is 128 Å². The molecule has 0 saturated carbocycles. The SMILES string of the molecule is COc1ncc(Br)cc1C(=O)N(C)C1CCN(C)CC1. The normalized spacial score (nSPS) is 17.0. The molecule has 1 saturated heterocycles. The van der Waals surface area contributed by atoms with Gasteiger partial charge in [0.25, 0.3) is 5.91 Å². The van der Waals surface area contributed by atoms with Gasteiger partial charge in [-0.1, -0.05) is 0 Å². The number of carbonyl (C=O) groups excluding carboxylic acids is 1. The summed E-state index contributed by atoms with van der Waals surface area (Å²) >= 11 is 3.35. The minimum atomic E-state index is -0.0368. The highest BCUT2D eigenvalue weighted by atomic mass is 79.9. The molecule has 5 nitrogen and oxygen atoms in total. The molecule has 110 valence electrons. The number of likely N-dealkylation sites (tertiary alicyclic amines) is 1. The summed E-state index contributed by atoms with van der Waals surface area (Å²) in [6.45, 7) is 2.05. The number of amides is 1. The highest BCUT2D eigenvalue weighted by molar-refractivity contribution is 9.10. The van der Waals surface area contributed by atoms with Crippen LogP contribution in [0.2, 0.25) is 0 Å². The van der Waals surface area contributed by atoms with E-state index in [2.05, 4.69) is 32.9 Å². The van der Waals surface area contributed by atoms with Crippen LogP contribution in [0.1, 0.15) is 23.2 Å². The Morgan fingerprint density at radius 3 is 2.75 bits per heavy atom. The molecule has 6 heteroatoms. The molecule has 1 fully saturated rings. The van der Waals surface area contributed by atoms with Gasteiger partial charge in [-0.3, -0.25) is 4.79 Å². The standard InChI is InChI=1S/C14H20BrN3O2/c1-17-6-4-11(5-7-17)18(2)14(19)12-8-10(15)9-16-13(12)20-3/h8-9,11H,4-7H2,1-3H3. The maximum absolute atomic E-state index is 12.6. The van der Waals surface area contributed by atoms with Crippen LogP contribution in [0.4, 0.5) is 0 Å². The van der Waals surface area contributed by atoms with Crippen LogP contribution in [0.3, 0.4) is 0 Å². The summed E-state index contributed by atoms with van der Waals surface area (Å²) in [7, 11) is 5.50. The fourth-order valence-corrected chi connectivity index (χ4v) is 2.81. The lowest BCUT2D eigenvalue weighted by Crippen LogP contribution is -2.44. The molecule has 0 bridgehead atoms. The molecule has 0 radical (unpaired) electrons. The van der Waals surface area contributed by atoms with E-state index in [0.717, 1.165) is 30.4 Å². The highest BCUT2D eigenvalue weighted by Gasteiger charge is 2.26. The van der Waals surface area contributed by atoms with E-state index in [9.17, 15) is 4.79 Å². The van der Waals surface area contributed by atoms with Crippen LogP contribution in [-0.4, -0.2) is 61.0 Å². The van der Waals surface area contributed by atoms with Gasteiger partial charge in [-0.2, -0.15) is 0 Å². The molecule has 20 heavy (non-hydrogen) atoms. The maximum Gasteiger partial charge on any atom is 0.259 e. The summed E-state index contributed by atoms with van der Waals surface area (Å²) in [5.74, 6) is 0.336. The van der Waals surface area contributed by atoms with E-state index in [-0.39, 0.29) is 11.9 Å². The first-order valence-electron chi connectivity index (χ1n) is 6.68. The number of nitrogens with zero attached hydrogens (tertiary/aromatic N) is 3. The zero-order valence-corrected chi connectivity index (χ0v) is 13.7. The number of piperidine rings is 1. The van der Waals surface area contributed by atoms with Gasteiger partial charge in [0.2, 0.25) is 5.88 Å². The van der Waals surface area contributed by atoms with Crippen molar-refractivity contribution >= 4 is 21.8 Å². The highest BCUT2D eigenvalue weighted by Crippen LogP contribution is 2.23. The van der Waals surface area contributed by atoms with Gasteiger partial charge in [-0.15, -0.1) is 0 Å². The molecule has 1 aliphatic rings. The summed E-state index contributed by atoms with van der Waals surface area (Å²) in [5, 5.41) is 0. The number of pyridine rings is 1. The third-order valence-corrected chi connectivity index (χ3v) is 4.23. The van der Waals surface area contributed by atoms with Gasteiger partial charge in [-0.25, -0.2) is 4.98 Å².